The van der Waals surface area contributed by atoms with E-state index in [2.05, 4.69) is 10.3 Å². The van der Waals surface area contributed by atoms with E-state index in [0.717, 1.165) is 4.57 Å². The molecule has 12 heteroatoms. The molecule has 0 unspecified atom stereocenters. The Bertz CT molecular complexity index is 1730. The fourth-order valence-corrected chi connectivity index (χ4v) is 4.79. The van der Waals surface area contributed by atoms with E-state index in [1.54, 1.807) is 91.0 Å². The van der Waals surface area contributed by atoms with E-state index in [4.69, 9.17) is 18.9 Å². The normalized spacial score (nSPS) is 18.7. The molecular weight excluding hydrogens is 594 g/mol. The zero-order valence-electron chi connectivity index (χ0n) is 24.8. The molecule has 0 bridgehead atoms. The number of carbonyl (C=O) groups is 4. The minimum absolute atomic E-state index is 0.0240. The van der Waals surface area contributed by atoms with Gasteiger partial charge < -0.3 is 24.3 Å². The van der Waals surface area contributed by atoms with E-state index in [9.17, 15) is 24.0 Å². The summed E-state index contributed by atoms with van der Waals surface area (Å²) in [6.07, 6.45) is -3.08. The Morgan fingerprint density at radius 3 is 1.80 bits per heavy atom. The molecular formula is C34H31N3O9. The maximum atomic E-state index is 13.3. The Morgan fingerprint density at radius 1 is 0.761 bits per heavy atom. The number of hydrogen-bond acceptors (Lipinski definition) is 10. The van der Waals surface area contributed by atoms with Crippen molar-refractivity contribution in [3.8, 4) is 0 Å². The number of ether oxygens (including phenoxy) is 4. The SMILES string of the molecule is CCCC(=O)Nc1ccn([C@@H]2O[C@H](COC(=O)c3ccccc3)[C@@H](OC(=O)c3ccccc3)[C@H]2OC(=O)c2ccccc2)c(=O)n1. The van der Waals surface area contributed by atoms with Crippen molar-refractivity contribution < 1.29 is 38.1 Å². The molecule has 1 saturated heterocycles. The van der Waals surface area contributed by atoms with Crippen molar-refractivity contribution >= 4 is 29.6 Å². The molecule has 4 atom stereocenters. The molecule has 1 aliphatic rings. The molecule has 0 radical (unpaired) electrons. The predicted molar refractivity (Wildman–Crippen MR) is 164 cm³/mol. The van der Waals surface area contributed by atoms with Crippen molar-refractivity contribution in [1.29, 1.82) is 0 Å². The number of benzene rings is 3. The molecule has 1 N–H and O–H groups in total. The van der Waals surface area contributed by atoms with E-state index in [0.29, 0.717) is 6.42 Å². The van der Waals surface area contributed by atoms with Gasteiger partial charge in [0.25, 0.3) is 0 Å². The molecule has 1 amide bonds. The Labute approximate surface area is 263 Å². The van der Waals surface area contributed by atoms with Gasteiger partial charge in [0.15, 0.2) is 18.4 Å². The van der Waals surface area contributed by atoms with Crippen LogP contribution in [0.5, 0.6) is 0 Å². The maximum absolute atomic E-state index is 13.3. The maximum Gasteiger partial charge on any atom is 0.351 e. The van der Waals surface area contributed by atoms with E-state index in [1.807, 2.05) is 6.92 Å². The second-order valence-electron chi connectivity index (χ2n) is 10.3. The number of amides is 1. The first-order chi connectivity index (χ1) is 22.3. The topological polar surface area (TPSA) is 152 Å². The summed E-state index contributed by atoms with van der Waals surface area (Å²) in [5.74, 6) is -2.48. The molecule has 1 fully saturated rings. The highest BCUT2D eigenvalue weighted by atomic mass is 16.7. The van der Waals surface area contributed by atoms with Crippen LogP contribution in [0.3, 0.4) is 0 Å². The second-order valence-corrected chi connectivity index (χ2v) is 10.3. The van der Waals surface area contributed by atoms with Crippen LogP contribution in [0.2, 0.25) is 0 Å². The van der Waals surface area contributed by atoms with E-state index >= 15 is 0 Å². The highest BCUT2D eigenvalue weighted by molar-refractivity contribution is 5.91. The molecule has 46 heavy (non-hydrogen) atoms. The molecule has 4 aromatic rings. The molecule has 1 aliphatic heterocycles. The average Bonchev–Trinajstić information content (AvgIpc) is 3.40. The fourth-order valence-electron chi connectivity index (χ4n) is 4.79. The average molecular weight is 626 g/mol. The first kappa shape index (κ1) is 31.8. The number of nitrogens with zero attached hydrogens (tertiary/aromatic N) is 2. The number of carbonyl (C=O) groups excluding carboxylic acids is 4. The second kappa shape index (κ2) is 14.9. The van der Waals surface area contributed by atoms with Gasteiger partial charge in [0.05, 0.1) is 16.7 Å². The summed E-state index contributed by atoms with van der Waals surface area (Å²) < 4.78 is 24.5. The van der Waals surface area contributed by atoms with Crippen molar-refractivity contribution in [2.45, 2.75) is 44.3 Å². The summed E-state index contributed by atoms with van der Waals surface area (Å²) in [7, 11) is 0. The number of esters is 3. The van der Waals surface area contributed by atoms with Crippen molar-refractivity contribution in [3.63, 3.8) is 0 Å². The Balaban J connectivity index is 1.49. The lowest BCUT2D eigenvalue weighted by Crippen LogP contribution is -2.42. The Hall–Kier alpha value is -5.62. The van der Waals surface area contributed by atoms with Gasteiger partial charge in [-0.1, -0.05) is 61.5 Å². The summed E-state index contributed by atoms with van der Waals surface area (Å²) in [4.78, 5) is 68.7. The lowest BCUT2D eigenvalue weighted by Gasteiger charge is -2.25. The van der Waals surface area contributed by atoms with Gasteiger partial charge in [-0.15, -0.1) is 0 Å². The van der Waals surface area contributed by atoms with E-state index < -0.39 is 54.7 Å². The molecule has 0 saturated carbocycles. The minimum Gasteiger partial charge on any atom is -0.459 e. The first-order valence-electron chi connectivity index (χ1n) is 14.6. The van der Waals surface area contributed by atoms with Gasteiger partial charge in [0.2, 0.25) is 5.91 Å². The van der Waals surface area contributed by atoms with Gasteiger partial charge in [0.1, 0.15) is 18.5 Å². The first-order valence-corrected chi connectivity index (χ1v) is 14.6. The van der Waals surface area contributed by atoms with Gasteiger partial charge in [-0.05, 0) is 48.9 Å². The summed E-state index contributed by atoms with van der Waals surface area (Å²) in [5, 5.41) is 2.56. The van der Waals surface area contributed by atoms with Crippen LogP contribution < -0.4 is 11.0 Å². The van der Waals surface area contributed by atoms with E-state index in [-0.39, 0.29) is 34.8 Å². The smallest absolute Gasteiger partial charge is 0.351 e. The molecule has 0 spiro atoms. The van der Waals surface area contributed by atoms with Crippen molar-refractivity contribution in [2.75, 3.05) is 11.9 Å². The number of rotatable bonds is 11. The van der Waals surface area contributed by atoms with Crippen LogP contribution in [0.1, 0.15) is 57.1 Å². The number of hydrogen-bond donors (Lipinski definition) is 1. The summed E-state index contributed by atoms with van der Waals surface area (Å²) in [6, 6.07) is 25.9. The minimum atomic E-state index is -1.39. The van der Waals surface area contributed by atoms with Gasteiger partial charge in [-0.25, -0.2) is 19.2 Å². The summed E-state index contributed by atoms with van der Waals surface area (Å²) in [6.45, 7) is 1.43. The lowest BCUT2D eigenvalue weighted by atomic mass is 10.1. The van der Waals surface area contributed by atoms with E-state index in [1.165, 1.54) is 12.3 Å². The van der Waals surface area contributed by atoms with Crippen molar-refractivity contribution in [1.82, 2.24) is 9.55 Å². The van der Waals surface area contributed by atoms with Crippen molar-refractivity contribution in [3.05, 3.63) is 130 Å². The van der Waals surface area contributed by atoms with Gasteiger partial charge >= 0.3 is 23.6 Å². The zero-order valence-corrected chi connectivity index (χ0v) is 24.8. The third-order valence-electron chi connectivity index (χ3n) is 7.03. The number of nitrogens with one attached hydrogen (secondary N) is 1. The van der Waals surface area contributed by atoms with Crippen LogP contribution >= 0.6 is 0 Å². The lowest BCUT2D eigenvalue weighted by molar-refractivity contribution is -0.116. The third kappa shape index (κ3) is 7.71. The molecule has 12 nitrogen and oxygen atoms in total. The molecule has 1 aromatic heterocycles. The van der Waals surface area contributed by atoms with Crippen LogP contribution in [0.4, 0.5) is 5.82 Å². The van der Waals surface area contributed by atoms with Crippen LogP contribution in [-0.2, 0) is 23.7 Å². The molecule has 3 aromatic carbocycles. The fraction of sp³-hybridized carbons (Fsp3) is 0.235. The van der Waals surface area contributed by atoms with Gasteiger partial charge in [-0.2, -0.15) is 4.98 Å². The van der Waals surface area contributed by atoms with Crippen LogP contribution in [0.15, 0.2) is 108 Å². The molecule has 5 rings (SSSR count). The molecule has 236 valence electrons. The van der Waals surface area contributed by atoms with Crippen LogP contribution in [0.25, 0.3) is 0 Å². The molecule has 2 heterocycles. The molecule has 0 aliphatic carbocycles. The highest BCUT2D eigenvalue weighted by Crippen LogP contribution is 2.35. The van der Waals surface area contributed by atoms with Crippen LogP contribution in [-0.4, -0.2) is 58.3 Å². The van der Waals surface area contributed by atoms with Gasteiger partial charge in [0, 0.05) is 12.6 Å². The monoisotopic (exact) mass is 625 g/mol. The zero-order chi connectivity index (χ0) is 32.5. The quantitative estimate of drug-likeness (QED) is 0.190. The number of anilines is 1. The summed E-state index contributed by atoms with van der Waals surface area (Å²) in [5.41, 5.74) is -0.142. The third-order valence-corrected chi connectivity index (χ3v) is 7.03. The standard InChI is InChI=1S/C34H31N3O9/c1-2-12-27(38)35-26-19-20-37(34(42)36-26)30-29(46-33(41)24-17-10-5-11-18-24)28(45-32(40)23-15-8-4-9-16-23)25(44-30)21-43-31(39)22-13-6-3-7-14-22/h3-11,13-20,25,28-30H,2,12,21H2,1H3,(H,35,36,38,42)/t25-,28-,29-,30-/m1/s1. The Morgan fingerprint density at radius 2 is 1.28 bits per heavy atom. The van der Waals surface area contributed by atoms with Gasteiger partial charge in [-0.3, -0.25) is 9.36 Å². The Kier molecular flexibility index (Phi) is 10.3. The predicted octanol–water partition coefficient (Wildman–Crippen LogP) is 4.19. The largest absolute Gasteiger partial charge is 0.459 e. The number of aromatic nitrogens is 2. The highest BCUT2D eigenvalue weighted by Gasteiger charge is 2.51. The summed E-state index contributed by atoms with van der Waals surface area (Å²) >= 11 is 0. The van der Waals surface area contributed by atoms with Crippen molar-refractivity contribution in [2.24, 2.45) is 0 Å². The van der Waals surface area contributed by atoms with Crippen LogP contribution in [0, 0.1) is 0 Å².